The molecule has 1 aromatic rings. The van der Waals surface area contributed by atoms with Gasteiger partial charge in [0.05, 0.1) is 6.61 Å². The Bertz CT molecular complexity index is 430. The SMILES string of the molecule is CCOc1nsc(NC(=O)N(C)C)c1C(N)=O. The summed E-state index contributed by atoms with van der Waals surface area (Å²) < 4.78 is 9.08. The van der Waals surface area contributed by atoms with Gasteiger partial charge in [-0.1, -0.05) is 0 Å². The number of urea groups is 1. The number of carbonyl (C=O) groups is 2. The molecule has 0 aliphatic heterocycles. The van der Waals surface area contributed by atoms with Gasteiger partial charge in [-0.15, -0.1) is 0 Å². The van der Waals surface area contributed by atoms with E-state index in [0.29, 0.717) is 11.6 Å². The van der Waals surface area contributed by atoms with Gasteiger partial charge in [0, 0.05) is 14.1 Å². The molecule has 0 saturated carbocycles. The molecule has 1 rings (SSSR count). The van der Waals surface area contributed by atoms with Gasteiger partial charge < -0.3 is 15.4 Å². The molecule has 0 aliphatic rings. The van der Waals surface area contributed by atoms with Crippen molar-refractivity contribution in [1.29, 1.82) is 0 Å². The van der Waals surface area contributed by atoms with Crippen LogP contribution in [0.15, 0.2) is 0 Å². The predicted molar refractivity (Wildman–Crippen MR) is 64.5 cm³/mol. The molecule has 0 saturated heterocycles. The summed E-state index contributed by atoms with van der Waals surface area (Å²) >= 11 is 0.956. The average molecular weight is 258 g/mol. The quantitative estimate of drug-likeness (QED) is 0.832. The van der Waals surface area contributed by atoms with E-state index in [2.05, 4.69) is 9.69 Å². The lowest BCUT2D eigenvalue weighted by Crippen LogP contribution is -2.28. The number of hydrogen-bond donors (Lipinski definition) is 2. The number of anilines is 1. The van der Waals surface area contributed by atoms with Crippen LogP contribution in [0, 0.1) is 0 Å². The molecule has 1 heterocycles. The molecule has 0 fully saturated rings. The highest BCUT2D eigenvalue weighted by atomic mass is 32.1. The first-order valence-electron chi connectivity index (χ1n) is 4.88. The third-order valence-corrected chi connectivity index (χ3v) is 2.56. The Labute approximate surface area is 103 Å². The van der Waals surface area contributed by atoms with Gasteiger partial charge >= 0.3 is 6.03 Å². The van der Waals surface area contributed by atoms with Gasteiger partial charge in [-0.05, 0) is 18.5 Å². The lowest BCUT2D eigenvalue weighted by atomic mass is 10.3. The Hall–Kier alpha value is -1.83. The Kier molecular flexibility index (Phi) is 4.27. The number of nitrogens with one attached hydrogen (secondary N) is 1. The molecule has 0 radical (unpaired) electrons. The molecule has 3 amide bonds. The number of rotatable bonds is 4. The summed E-state index contributed by atoms with van der Waals surface area (Å²) in [4.78, 5) is 24.1. The summed E-state index contributed by atoms with van der Waals surface area (Å²) in [6, 6.07) is -0.362. The average Bonchev–Trinajstić information content (AvgIpc) is 2.61. The number of ether oxygens (including phenoxy) is 1. The van der Waals surface area contributed by atoms with E-state index in [4.69, 9.17) is 10.5 Å². The van der Waals surface area contributed by atoms with E-state index in [1.165, 1.54) is 4.90 Å². The van der Waals surface area contributed by atoms with E-state index in [1.54, 1.807) is 21.0 Å². The van der Waals surface area contributed by atoms with Crippen molar-refractivity contribution in [2.45, 2.75) is 6.92 Å². The molecule has 94 valence electrons. The Morgan fingerprint density at radius 1 is 1.53 bits per heavy atom. The van der Waals surface area contributed by atoms with Crippen LogP contribution in [0.3, 0.4) is 0 Å². The van der Waals surface area contributed by atoms with Gasteiger partial charge in [-0.25, -0.2) is 4.79 Å². The molecular formula is C9H14N4O3S. The van der Waals surface area contributed by atoms with Gasteiger partial charge in [0.2, 0.25) is 5.88 Å². The van der Waals surface area contributed by atoms with Gasteiger partial charge in [0.1, 0.15) is 10.6 Å². The van der Waals surface area contributed by atoms with Crippen molar-refractivity contribution >= 4 is 28.5 Å². The standard InChI is InChI=1S/C9H14N4O3S/c1-4-16-7-5(6(10)14)8(17-12-7)11-9(15)13(2)3/h4H2,1-3H3,(H2,10,14)(H,11,15). The summed E-state index contributed by atoms with van der Waals surface area (Å²) in [5, 5.41) is 2.82. The molecule has 0 atom stereocenters. The van der Waals surface area contributed by atoms with E-state index in [0.717, 1.165) is 11.5 Å². The van der Waals surface area contributed by atoms with Gasteiger partial charge in [-0.2, -0.15) is 4.37 Å². The second kappa shape index (κ2) is 5.48. The van der Waals surface area contributed by atoms with Crippen molar-refractivity contribution < 1.29 is 14.3 Å². The zero-order chi connectivity index (χ0) is 13.0. The summed E-state index contributed by atoms with van der Waals surface area (Å²) in [5.41, 5.74) is 5.33. The highest BCUT2D eigenvalue weighted by molar-refractivity contribution is 7.11. The van der Waals surface area contributed by atoms with Gasteiger partial charge in [-0.3, -0.25) is 10.1 Å². The molecule has 3 N–H and O–H groups in total. The zero-order valence-corrected chi connectivity index (χ0v) is 10.6. The van der Waals surface area contributed by atoms with Crippen LogP contribution < -0.4 is 15.8 Å². The van der Waals surface area contributed by atoms with Crippen LogP contribution in [0.2, 0.25) is 0 Å². The van der Waals surface area contributed by atoms with Crippen molar-refractivity contribution in [2.75, 3.05) is 26.0 Å². The Balaban J connectivity index is 3.00. The maximum absolute atomic E-state index is 11.5. The molecule has 7 nitrogen and oxygen atoms in total. The Morgan fingerprint density at radius 2 is 2.18 bits per heavy atom. The second-order valence-corrected chi connectivity index (χ2v) is 4.09. The minimum absolute atomic E-state index is 0.104. The first kappa shape index (κ1) is 13.2. The summed E-state index contributed by atoms with van der Waals surface area (Å²) in [6.07, 6.45) is 0. The van der Waals surface area contributed by atoms with Crippen LogP contribution in [-0.4, -0.2) is 41.9 Å². The van der Waals surface area contributed by atoms with Crippen LogP contribution in [0.4, 0.5) is 9.80 Å². The number of nitrogens with two attached hydrogens (primary N) is 1. The summed E-state index contributed by atoms with van der Waals surface area (Å²) in [7, 11) is 3.17. The minimum Gasteiger partial charge on any atom is -0.477 e. The predicted octanol–water partition coefficient (Wildman–Crippen LogP) is 0.734. The van der Waals surface area contributed by atoms with E-state index < -0.39 is 5.91 Å². The highest BCUT2D eigenvalue weighted by Crippen LogP contribution is 2.30. The van der Waals surface area contributed by atoms with Crippen molar-refractivity contribution in [3.8, 4) is 5.88 Å². The van der Waals surface area contributed by atoms with E-state index >= 15 is 0 Å². The third-order valence-electron chi connectivity index (χ3n) is 1.81. The van der Waals surface area contributed by atoms with E-state index in [1.807, 2.05) is 0 Å². The first-order valence-corrected chi connectivity index (χ1v) is 5.65. The van der Waals surface area contributed by atoms with Crippen LogP contribution in [0.5, 0.6) is 5.88 Å². The van der Waals surface area contributed by atoms with Gasteiger partial charge in [0.25, 0.3) is 5.91 Å². The second-order valence-electron chi connectivity index (χ2n) is 3.31. The summed E-state index contributed by atoms with van der Waals surface area (Å²) in [6.45, 7) is 2.13. The fraction of sp³-hybridized carbons (Fsp3) is 0.444. The lowest BCUT2D eigenvalue weighted by Gasteiger charge is -2.10. The fourth-order valence-corrected chi connectivity index (χ4v) is 1.75. The van der Waals surface area contributed by atoms with Crippen LogP contribution in [0.25, 0.3) is 0 Å². The molecule has 0 spiro atoms. The number of primary amides is 1. The molecule has 17 heavy (non-hydrogen) atoms. The van der Waals surface area contributed by atoms with Gasteiger partial charge in [0.15, 0.2) is 0 Å². The van der Waals surface area contributed by atoms with E-state index in [-0.39, 0.29) is 17.5 Å². The zero-order valence-electron chi connectivity index (χ0n) is 9.81. The monoisotopic (exact) mass is 258 g/mol. The van der Waals surface area contributed by atoms with Crippen molar-refractivity contribution in [3.63, 3.8) is 0 Å². The third kappa shape index (κ3) is 3.06. The normalized spacial score (nSPS) is 9.82. The Morgan fingerprint density at radius 3 is 2.65 bits per heavy atom. The molecule has 0 aliphatic carbocycles. The largest absolute Gasteiger partial charge is 0.477 e. The number of amides is 3. The van der Waals surface area contributed by atoms with Crippen molar-refractivity contribution in [1.82, 2.24) is 9.27 Å². The highest BCUT2D eigenvalue weighted by Gasteiger charge is 2.21. The number of nitrogens with zero attached hydrogens (tertiary/aromatic N) is 2. The van der Waals surface area contributed by atoms with Crippen molar-refractivity contribution in [3.05, 3.63) is 5.56 Å². The fourth-order valence-electron chi connectivity index (χ4n) is 1.02. The molecule has 0 aromatic carbocycles. The summed E-state index contributed by atoms with van der Waals surface area (Å²) in [5.74, 6) is -0.532. The molecule has 0 unspecified atom stereocenters. The number of hydrogen-bond acceptors (Lipinski definition) is 5. The number of carbonyl (C=O) groups excluding carboxylic acids is 2. The van der Waals surface area contributed by atoms with Crippen LogP contribution >= 0.6 is 11.5 Å². The minimum atomic E-state index is -0.684. The maximum Gasteiger partial charge on any atom is 0.321 e. The lowest BCUT2D eigenvalue weighted by molar-refractivity contribution is 0.0997. The van der Waals surface area contributed by atoms with E-state index in [9.17, 15) is 9.59 Å². The molecule has 1 aromatic heterocycles. The van der Waals surface area contributed by atoms with Crippen LogP contribution in [0.1, 0.15) is 17.3 Å². The van der Waals surface area contributed by atoms with Crippen molar-refractivity contribution in [2.24, 2.45) is 5.73 Å². The number of aromatic nitrogens is 1. The maximum atomic E-state index is 11.5. The van der Waals surface area contributed by atoms with Crippen LogP contribution in [-0.2, 0) is 0 Å². The molecular weight excluding hydrogens is 244 g/mol. The molecule has 0 bridgehead atoms. The first-order chi connectivity index (χ1) is 7.97. The topological polar surface area (TPSA) is 97.6 Å². The smallest absolute Gasteiger partial charge is 0.321 e. The molecule has 8 heteroatoms.